The third-order valence-corrected chi connectivity index (χ3v) is 3.03. The summed E-state index contributed by atoms with van der Waals surface area (Å²) in [6.45, 7) is 3.54. The quantitative estimate of drug-likeness (QED) is 0.708. The number of carboxylic acid groups (broad SMARTS) is 1. The summed E-state index contributed by atoms with van der Waals surface area (Å²) in [6, 6.07) is 2.36. The van der Waals surface area contributed by atoms with E-state index in [1.165, 1.54) is 6.07 Å². The molecule has 4 N–H and O–H groups in total. The molecule has 1 rings (SSSR count). The molecule has 1 amide bonds. The summed E-state index contributed by atoms with van der Waals surface area (Å²) >= 11 is 0. The highest BCUT2D eigenvalue weighted by atomic mass is 19.1. The van der Waals surface area contributed by atoms with Gasteiger partial charge >= 0.3 is 5.97 Å². The molecule has 0 fully saturated rings. The predicted molar refractivity (Wildman–Crippen MR) is 69.2 cm³/mol. The normalized spacial score (nSPS) is 13.6. The Balaban J connectivity index is 2.94. The number of aliphatic carboxylic acids is 1. The average Bonchev–Trinajstić information content (AvgIpc) is 2.37. The highest BCUT2D eigenvalue weighted by Gasteiger charge is 2.26. The number of carbonyl (C=O) groups excluding carboxylic acids is 1. The Kier molecular flexibility index (Phi) is 4.86. The largest absolute Gasteiger partial charge is 0.480 e. The number of nitrogens with two attached hydrogens (primary N) is 1. The van der Waals surface area contributed by atoms with Crippen LogP contribution in [0.2, 0.25) is 0 Å². The zero-order valence-electron chi connectivity index (χ0n) is 10.8. The van der Waals surface area contributed by atoms with Gasteiger partial charge in [0, 0.05) is 5.69 Å². The molecule has 6 heteroatoms. The SMILES string of the molecule is CCC(C)[C@H](NC(=O)c1cc(F)ccc1N)C(=O)O. The van der Waals surface area contributed by atoms with Crippen LogP contribution in [-0.2, 0) is 4.79 Å². The summed E-state index contributed by atoms with van der Waals surface area (Å²) in [6.07, 6.45) is 0.593. The van der Waals surface area contributed by atoms with Crippen molar-refractivity contribution in [2.45, 2.75) is 26.3 Å². The van der Waals surface area contributed by atoms with E-state index in [1.807, 2.05) is 6.92 Å². The van der Waals surface area contributed by atoms with Crippen molar-refractivity contribution >= 4 is 17.6 Å². The number of nitrogen functional groups attached to an aromatic ring is 1. The Bertz CT molecular complexity index is 491. The molecule has 0 saturated heterocycles. The number of rotatable bonds is 5. The molecule has 0 aliphatic heterocycles. The molecule has 1 aromatic rings. The Morgan fingerprint density at radius 1 is 1.47 bits per heavy atom. The smallest absolute Gasteiger partial charge is 0.326 e. The molecule has 0 radical (unpaired) electrons. The highest BCUT2D eigenvalue weighted by Crippen LogP contribution is 2.15. The van der Waals surface area contributed by atoms with Crippen molar-refractivity contribution in [1.29, 1.82) is 0 Å². The van der Waals surface area contributed by atoms with Crippen LogP contribution in [0.4, 0.5) is 10.1 Å². The van der Waals surface area contributed by atoms with Gasteiger partial charge in [-0.2, -0.15) is 0 Å². The van der Waals surface area contributed by atoms with Crippen molar-refractivity contribution in [3.63, 3.8) is 0 Å². The molecular weight excluding hydrogens is 251 g/mol. The lowest BCUT2D eigenvalue weighted by Gasteiger charge is -2.20. The van der Waals surface area contributed by atoms with Gasteiger partial charge in [0.15, 0.2) is 0 Å². The fourth-order valence-electron chi connectivity index (χ4n) is 1.63. The molecule has 0 aromatic heterocycles. The number of benzene rings is 1. The summed E-state index contributed by atoms with van der Waals surface area (Å²) in [5.41, 5.74) is 5.62. The van der Waals surface area contributed by atoms with Gasteiger partial charge in [0.2, 0.25) is 0 Å². The molecule has 2 atom stereocenters. The van der Waals surface area contributed by atoms with Crippen LogP contribution in [0, 0.1) is 11.7 Å². The number of carboxylic acids is 1. The average molecular weight is 268 g/mol. The minimum atomic E-state index is -1.13. The molecule has 0 spiro atoms. The maximum absolute atomic E-state index is 13.1. The van der Waals surface area contributed by atoms with Crippen molar-refractivity contribution in [2.24, 2.45) is 5.92 Å². The lowest BCUT2D eigenvalue weighted by molar-refractivity contribution is -0.140. The van der Waals surface area contributed by atoms with Gasteiger partial charge < -0.3 is 16.2 Å². The Labute approximate surface area is 110 Å². The molecule has 0 aliphatic carbocycles. The molecule has 0 aliphatic rings. The minimum Gasteiger partial charge on any atom is -0.480 e. The van der Waals surface area contributed by atoms with Gasteiger partial charge in [-0.25, -0.2) is 9.18 Å². The van der Waals surface area contributed by atoms with Gasteiger partial charge in [0.1, 0.15) is 11.9 Å². The number of carbonyl (C=O) groups is 2. The molecule has 0 bridgehead atoms. The molecule has 0 heterocycles. The van der Waals surface area contributed by atoms with E-state index in [9.17, 15) is 14.0 Å². The van der Waals surface area contributed by atoms with Crippen molar-refractivity contribution in [2.75, 3.05) is 5.73 Å². The molecule has 19 heavy (non-hydrogen) atoms. The molecule has 104 valence electrons. The van der Waals surface area contributed by atoms with Gasteiger partial charge in [-0.15, -0.1) is 0 Å². The fourth-order valence-corrected chi connectivity index (χ4v) is 1.63. The number of hydrogen-bond donors (Lipinski definition) is 3. The molecule has 5 nitrogen and oxygen atoms in total. The summed E-state index contributed by atoms with van der Waals surface area (Å²) in [4.78, 5) is 23.0. The van der Waals surface area contributed by atoms with Crippen molar-refractivity contribution < 1.29 is 19.1 Å². The van der Waals surface area contributed by atoms with Crippen molar-refractivity contribution in [3.8, 4) is 0 Å². The first-order valence-electron chi connectivity index (χ1n) is 5.95. The van der Waals surface area contributed by atoms with E-state index in [2.05, 4.69) is 5.32 Å². The fraction of sp³-hybridized carbons (Fsp3) is 0.385. The third kappa shape index (κ3) is 3.67. The standard InChI is InChI=1S/C13H17FN2O3/c1-3-7(2)11(13(18)19)16-12(17)9-6-8(14)4-5-10(9)15/h4-7,11H,3,15H2,1-2H3,(H,16,17)(H,18,19)/t7?,11-/m0/s1. The van der Waals surface area contributed by atoms with Crippen LogP contribution in [0.15, 0.2) is 18.2 Å². The van der Waals surface area contributed by atoms with E-state index in [0.717, 1.165) is 12.1 Å². The first-order valence-corrected chi connectivity index (χ1v) is 5.95. The van der Waals surface area contributed by atoms with Crippen LogP contribution in [0.3, 0.4) is 0 Å². The third-order valence-electron chi connectivity index (χ3n) is 3.03. The van der Waals surface area contributed by atoms with E-state index in [0.29, 0.717) is 6.42 Å². The summed E-state index contributed by atoms with van der Waals surface area (Å²) in [5.74, 6) is -2.66. The van der Waals surface area contributed by atoms with E-state index < -0.39 is 23.7 Å². The number of halogens is 1. The van der Waals surface area contributed by atoms with Crippen LogP contribution in [-0.4, -0.2) is 23.0 Å². The molecule has 0 saturated carbocycles. The number of nitrogens with one attached hydrogen (secondary N) is 1. The zero-order valence-corrected chi connectivity index (χ0v) is 10.8. The molecule has 1 unspecified atom stereocenters. The monoisotopic (exact) mass is 268 g/mol. The van der Waals surface area contributed by atoms with Gasteiger partial charge in [-0.3, -0.25) is 4.79 Å². The minimum absolute atomic E-state index is 0.0606. The van der Waals surface area contributed by atoms with Crippen LogP contribution in [0.1, 0.15) is 30.6 Å². The lowest BCUT2D eigenvalue weighted by atomic mass is 9.99. The Hall–Kier alpha value is -2.11. The van der Waals surface area contributed by atoms with Crippen molar-refractivity contribution in [3.05, 3.63) is 29.6 Å². The second-order valence-corrected chi connectivity index (χ2v) is 4.41. The van der Waals surface area contributed by atoms with Gasteiger partial charge in [-0.05, 0) is 24.1 Å². The topological polar surface area (TPSA) is 92.4 Å². The Morgan fingerprint density at radius 2 is 2.11 bits per heavy atom. The Morgan fingerprint density at radius 3 is 2.63 bits per heavy atom. The van der Waals surface area contributed by atoms with Gasteiger partial charge in [-0.1, -0.05) is 20.3 Å². The summed E-state index contributed by atoms with van der Waals surface area (Å²) in [5, 5.41) is 11.4. The maximum Gasteiger partial charge on any atom is 0.326 e. The second kappa shape index (κ2) is 6.17. The first-order chi connectivity index (χ1) is 8.86. The van der Waals surface area contributed by atoms with Crippen LogP contribution in [0.5, 0.6) is 0 Å². The van der Waals surface area contributed by atoms with E-state index in [-0.39, 0.29) is 17.2 Å². The van der Waals surface area contributed by atoms with Crippen molar-refractivity contribution in [1.82, 2.24) is 5.32 Å². The summed E-state index contributed by atoms with van der Waals surface area (Å²) in [7, 11) is 0. The summed E-state index contributed by atoms with van der Waals surface area (Å²) < 4.78 is 13.1. The zero-order chi connectivity index (χ0) is 14.6. The van der Waals surface area contributed by atoms with E-state index in [4.69, 9.17) is 10.8 Å². The predicted octanol–water partition coefficient (Wildman–Crippen LogP) is 1.64. The second-order valence-electron chi connectivity index (χ2n) is 4.41. The van der Waals surface area contributed by atoms with E-state index >= 15 is 0 Å². The lowest BCUT2D eigenvalue weighted by Crippen LogP contribution is -2.45. The van der Waals surface area contributed by atoms with Crippen LogP contribution < -0.4 is 11.1 Å². The van der Waals surface area contributed by atoms with Crippen LogP contribution >= 0.6 is 0 Å². The number of hydrogen-bond acceptors (Lipinski definition) is 3. The first kappa shape index (κ1) is 14.9. The number of anilines is 1. The van der Waals surface area contributed by atoms with Gasteiger partial charge in [0.05, 0.1) is 5.56 Å². The maximum atomic E-state index is 13.1. The number of amides is 1. The molecular formula is C13H17FN2O3. The van der Waals surface area contributed by atoms with E-state index in [1.54, 1.807) is 6.92 Å². The highest BCUT2D eigenvalue weighted by molar-refractivity contribution is 6.00. The van der Waals surface area contributed by atoms with Crippen LogP contribution in [0.25, 0.3) is 0 Å². The van der Waals surface area contributed by atoms with Gasteiger partial charge in [0.25, 0.3) is 5.91 Å². The molecule has 1 aromatic carbocycles.